The Hall–Kier alpha value is -3.85. The normalized spacial score (nSPS) is 14.2. The number of nitrogens with one attached hydrogen (secondary N) is 1. The molecule has 164 valence electrons. The van der Waals surface area contributed by atoms with Crippen molar-refractivity contribution in [2.24, 2.45) is 0 Å². The van der Waals surface area contributed by atoms with Gasteiger partial charge in [0.05, 0.1) is 10.6 Å². The number of likely N-dealkylation sites (N-methyl/N-ethyl adjacent to an activating group) is 1. The third kappa shape index (κ3) is 4.73. The van der Waals surface area contributed by atoms with Gasteiger partial charge >= 0.3 is 0 Å². The summed E-state index contributed by atoms with van der Waals surface area (Å²) in [5.74, 6) is 0.552. The molecular weight excluding hydrogens is 408 g/mol. The minimum Gasteiger partial charge on any atom is -0.353 e. The maximum atomic E-state index is 12.5. The van der Waals surface area contributed by atoms with Gasteiger partial charge < -0.3 is 15.1 Å². The van der Waals surface area contributed by atoms with Crippen molar-refractivity contribution in [3.05, 3.63) is 75.8 Å². The molecule has 1 N–H and O–H groups in total. The molecule has 1 aliphatic heterocycles. The third-order valence-corrected chi connectivity index (χ3v) is 5.57. The second kappa shape index (κ2) is 9.11. The van der Waals surface area contributed by atoms with E-state index in [1.807, 2.05) is 24.3 Å². The molecule has 1 aliphatic rings. The minimum atomic E-state index is -0.462. The van der Waals surface area contributed by atoms with Gasteiger partial charge in [-0.05, 0) is 50.4 Å². The van der Waals surface area contributed by atoms with Crippen LogP contribution in [-0.4, -0.2) is 59.2 Å². The highest BCUT2D eigenvalue weighted by Gasteiger charge is 2.16. The smallest absolute Gasteiger partial charge is 0.272 e. The van der Waals surface area contributed by atoms with Crippen LogP contribution in [0.15, 0.2) is 54.6 Å². The average Bonchev–Trinajstić information content (AvgIpc) is 2.80. The van der Waals surface area contributed by atoms with Crippen molar-refractivity contribution in [2.45, 2.75) is 6.92 Å². The molecule has 1 aromatic heterocycles. The summed E-state index contributed by atoms with van der Waals surface area (Å²) in [5, 5.41) is 22.5. The van der Waals surface area contributed by atoms with E-state index in [9.17, 15) is 14.9 Å². The number of nitro benzene ring substituents is 1. The number of anilines is 2. The van der Waals surface area contributed by atoms with Crippen LogP contribution in [0, 0.1) is 17.0 Å². The number of nitro groups is 1. The molecule has 0 unspecified atom stereocenters. The SMILES string of the molecule is Cc1cc(C(=O)Nc2ccc(-c3ccc(N4CCN(C)CC4)nn3)cc2)ccc1[N+](=O)[O-]. The Morgan fingerprint density at radius 2 is 1.72 bits per heavy atom. The Kier molecular flexibility index (Phi) is 6.09. The lowest BCUT2D eigenvalue weighted by molar-refractivity contribution is -0.385. The van der Waals surface area contributed by atoms with Crippen LogP contribution in [0.1, 0.15) is 15.9 Å². The fourth-order valence-electron chi connectivity index (χ4n) is 3.61. The quantitative estimate of drug-likeness (QED) is 0.487. The summed E-state index contributed by atoms with van der Waals surface area (Å²) in [6.07, 6.45) is 0. The highest BCUT2D eigenvalue weighted by Crippen LogP contribution is 2.23. The van der Waals surface area contributed by atoms with E-state index in [-0.39, 0.29) is 11.6 Å². The van der Waals surface area contributed by atoms with Gasteiger partial charge in [-0.15, -0.1) is 10.2 Å². The Bertz CT molecular complexity index is 1120. The van der Waals surface area contributed by atoms with Crippen LogP contribution >= 0.6 is 0 Å². The van der Waals surface area contributed by atoms with E-state index >= 15 is 0 Å². The van der Waals surface area contributed by atoms with Gasteiger partial charge in [-0.2, -0.15) is 0 Å². The Labute approximate surface area is 185 Å². The molecule has 0 radical (unpaired) electrons. The molecule has 9 heteroatoms. The topological polar surface area (TPSA) is 104 Å². The second-order valence-corrected chi connectivity index (χ2v) is 7.86. The number of nitrogens with zero attached hydrogens (tertiary/aromatic N) is 5. The first-order valence-corrected chi connectivity index (χ1v) is 10.3. The van der Waals surface area contributed by atoms with Crippen LogP contribution in [0.4, 0.5) is 17.2 Å². The Morgan fingerprint density at radius 3 is 2.31 bits per heavy atom. The lowest BCUT2D eigenvalue weighted by atomic mass is 10.1. The second-order valence-electron chi connectivity index (χ2n) is 7.86. The van der Waals surface area contributed by atoms with E-state index in [1.165, 1.54) is 18.2 Å². The average molecular weight is 432 g/mol. The van der Waals surface area contributed by atoms with Crippen LogP contribution in [0.25, 0.3) is 11.3 Å². The number of carbonyl (C=O) groups is 1. The van der Waals surface area contributed by atoms with E-state index < -0.39 is 4.92 Å². The molecule has 0 saturated carbocycles. The predicted molar refractivity (Wildman–Crippen MR) is 123 cm³/mol. The highest BCUT2D eigenvalue weighted by molar-refractivity contribution is 6.04. The van der Waals surface area contributed by atoms with Crippen molar-refractivity contribution in [3.8, 4) is 11.3 Å². The van der Waals surface area contributed by atoms with Gasteiger partial charge in [0.1, 0.15) is 0 Å². The van der Waals surface area contributed by atoms with Gasteiger partial charge in [-0.25, -0.2) is 0 Å². The summed E-state index contributed by atoms with van der Waals surface area (Å²) < 4.78 is 0. The standard InChI is InChI=1S/C23H24N6O3/c1-16-15-18(5-9-21(16)29(31)32)23(30)24-19-6-3-17(4-7-19)20-8-10-22(26-25-20)28-13-11-27(2)12-14-28/h3-10,15H,11-14H2,1-2H3,(H,24,30). The summed E-state index contributed by atoms with van der Waals surface area (Å²) in [6.45, 7) is 5.51. The van der Waals surface area contributed by atoms with Crippen molar-refractivity contribution in [2.75, 3.05) is 43.4 Å². The molecule has 4 rings (SSSR count). The number of amides is 1. The van der Waals surface area contributed by atoms with E-state index in [0.29, 0.717) is 16.8 Å². The molecular formula is C23H24N6O3. The van der Waals surface area contributed by atoms with Gasteiger partial charge in [0.2, 0.25) is 0 Å². The lowest BCUT2D eigenvalue weighted by Crippen LogP contribution is -2.44. The number of aryl methyl sites for hydroxylation is 1. The van der Waals surface area contributed by atoms with Crippen LogP contribution in [0.2, 0.25) is 0 Å². The Morgan fingerprint density at radius 1 is 1.00 bits per heavy atom. The van der Waals surface area contributed by atoms with Gasteiger partial charge in [0.25, 0.3) is 11.6 Å². The number of carbonyl (C=O) groups excluding carboxylic acids is 1. The molecule has 1 saturated heterocycles. The maximum Gasteiger partial charge on any atom is 0.272 e. The largest absolute Gasteiger partial charge is 0.353 e. The van der Waals surface area contributed by atoms with Crippen molar-refractivity contribution in [1.29, 1.82) is 0 Å². The summed E-state index contributed by atoms with van der Waals surface area (Å²) in [4.78, 5) is 27.5. The van der Waals surface area contributed by atoms with E-state index in [0.717, 1.165) is 43.3 Å². The third-order valence-electron chi connectivity index (χ3n) is 5.57. The van der Waals surface area contributed by atoms with Crippen LogP contribution in [0.5, 0.6) is 0 Å². The number of benzene rings is 2. The first-order valence-electron chi connectivity index (χ1n) is 10.3. The zero-order chi connectivity index (χ0) is 22.7. The summed E-state index contributed by atoms with van der Waals surface area (Å²) in [7, 11) is 2.12. The lowest BCUT2D eigenvalue weighted by Gasteiger charge is -2.32. The first-order chi connectivity index (χ1) is 15.4. The maximum absolute atomic E-state index is 12.5. The molecule has 2 aromatic carbocycles. The minimum absolute atomic E-state index is 0.00865. The van der Waals surface area contributed by atoms with Gasteiger partial charge in [-0.3, -0.25) is 14.9 Å². The fourth-order valence-corrected chi connectivity index (χ4v) is 3.61. The molecule has 0 spiro atoms. The molecule has 9 nitrogen and oxygen atoms in total. The Balaban J connectivity index is 1.41. The van der Waals surface area contributed by atoms with E-state index in [2.05, 4.69) is 32.4 Å². The summed E-state index contributed by atoms with van der Waals surface area (Å²) >= 11 is 0. The fraction of sp³-hybridized carbons (Fsp3) is 0.261. The van der Waals surface area contributed by atoms with Crippen molar-refractivity contribution >= 4 is 23.1 Å². The van der Waals surface area contributed by atoms with Crippen LogP contribution in [0.3, 0.4) is 0 Å². The van der Waals surface area contributed by atoms with Crippen molar-refractivity contribution < 1.29 is 9.72 Å². The molecule has 0 atom stereocenters. The summed E-state index contributed by atoms with van der Waals surface area (Å²) in [5.41, 5.74) is 3.07. The number of aromatic nitrogens is 2. The molecule has 3 aromatic rings. The number of hydrogen-bond acceptors (Lipinski definition) is 7. The van der Waals surface area contributed by atoms with Crippen LogP contribution in [-0.2, 0) is 0 Å². The number of piperazine rings is 1. The molecule has 1 fully saturated rings. The number of hydrogen-bond donors (Lipinski definition) is 1. The van der Waals surface area contributed by atoms with Gasteiger partial charge in [-0.1, -0.05) is 12.1 Å². The highest BCUT2D eigenvalue weighted by atomic mass is 16.6. The van der Waals surface area contributed by atoms with Crippen LogP contribution < -0.4 is 10.2 Å². The van der Waals surface area contributed by atoms with Crippen molar-refractivity contribution in [1.82, 2.24) is 15.1 Å². The first kappa shape index (κ1) is 21.4. The van der Waals surface area contributed by atoms with Gasteiger partial charge in [0.15, 0.2) is 5.82 Å². The molecule has 2 heterocycles. The molecule has 0 bridgehead atoms. The zero-order valence-corrected chi connectivity index (χ0v) is 18.0. The van der Waals surface area contributed by atoms with Crippen molar-refractivity contribution in [3.63, 3.8) is 0 Å². The summed E-state index contributed by atoms with van der Waals surface area (Å²) in [6, 6.07) is 15.6. The van der Waals surface area contributed by atoms with E-state index in [4.69, 9.17) is 0 Å². The molecule has 32 heavy (non-hydrogen) atoms. The van der Waals surface area contributed by atoms with Gasteiger partial charge in [0, 0.05) is 54.6 Å². The number of rotatable bonds is 5. The predicted octanol–water partition coefficient (Wildman–Crippen LogP) is 3.36. The monoisotopic (exact) mass is 432 g/mol. The molecule has 0 aliphatic carbocycles. The molecule has 1 amide bonds. The zero-order valence-electron chi connectivity index (χ0n) is 18.0. The van der Waals surface area contributed by atoms with E-state index in [1.54, 1.807) is 19.1 Å².